The van der Waals surface area contributed by atoms with E-state index in [9.17, 15) is 9.59 Å². The molecular weight excluding hydrogens is 431 g/mol. The van der Waals surface area contributed by atoms with Gasteiger partial charge in [0.25, 0.3) is 0 Å². The van der Waals surface area contributed by atoms with Gasteiger partial charge in [0.05, 0.1) is 0 Å². The first-order valence-electron chi connectivity index (χ1n) is 10.8. The minimum absolute atomic E-state index is 0.109. The molecule has 4 nitrogen and oxygen atoms in total. The zero-order valence-corrected chi connectivity index (χ0v) is 20.3. The summed E-state index contributed by atoms with van der Waals surface area (Å²) in [4.78, 5) is 27.5. The maximum absolute atomic E-state index is 13.2. The molecule has 2 rings (SSSR count). The van der Waals surface area contributed by atoms with Crippen LogP contribution in [0.2, 0.25) is 10.0 Å². The van der Waals surface area contributed by atoms with Crippen molar-refractivity contribution in [3.8, 4) is 0 Å². The van der Waals surface area contributed by atoms with Crippen LogP contribution in [-0.4, -0.2) is 29.3 Å². The highest BCUT2D eigenvalue weighted by Gasteiger charge is 2.27. The third-order valence-electron chi connectivity index (χ3n) is 5.30. The Morgan fingerprint density at radius 1 is 0.968 bits per heavy atom. The van der Waals surface area contributed by atoms with Crippen LogP contribution in [0.4, 0.5) is 0 Å². The number of hydrogen-bond acceptors (Lipinski definition) is 2. The fraction of sp³-hybridized carbons (Fsp3) is 0.440. The summed E-state index contributed by atoms with van der Waals surface area (Å²) >= 11 is 12.7. The quantitative estimate of drug-likeness (QED) is 0.493. The summed E-state index contributed by atoms with van der Waals surface area (Å²) < 4.78 is 0. The van der Waals surface area contributed by atoms with Gasteiger partial charge in [0.2, 0.25) is 11.8 Å². The molecule has 168 valence electrons. The lowest BCUT2D eigenvalue weighted by atomic mass is 10.0. The SMILES string of the molecule is CCc1ccc(CCC(=O)N(Cc2c(Cl)cccc2Cl)[C@H](C)C(=O)NCC(C)C)cc1. The molecule has 0 saturated heterocycles. The number of carbonyl (C=O) groups excluding carboxylic acids is 2. The number of nitrogens with zero attached hydrogens (tertiary/aromatic N) is 1. The number of halogens is 2. The average Bonchev–Trinajstić information content (AvgIpc) is 2.75. The predicted octanol–water partition coefficient (Wildman–Crippen LogP) is 5.68. The maximum Gasteiger partial charge on any atom is 0.242 e. The van der Waals surface area contributed by atoms with E-state index >= 15 is 0 Å². The molecule has 0 aliphatic carbocycles. The highest BCUT2D eigenvalue weighted by atomic mass is 35.5. The minimum Gasteiger partial charge on any atom is -0.354 e. The van der Waals surface area contributed by atoms with Gasteiger partial charge in [-0.3, -0.25) is 9.59 Å². The van der Waals surface area contributed by atoms with Crippen LogP contribution < -0.4 is 5.32 Å². The van der Waals surface area contributed by atoms with Crippen LogP contribution in [0.3, 0.4) is 0 Å². The van der Waals surface area contributed by atoms with E-state index in [4.69, 9.17) is 23.2 Å². The third-order valence-corrected chi connectivity index (χ3v) is 6.01. The Bertz CT molecular complexity index is 861. The van der Waals surface area contributed by atoms with Gasteiger partial charge >= 0.3 is 0 Å². The van der Waals surface area contributed by atoms with Crippen molar-refractivity contribution < 1.29 is 9.59 Å². The fourth-order valence-corrected chi connectivity index (χ4v) is 3.74. The van der Waals surface area contributed by atoms with E-state index in [0.717, 1.165) is 12.0 Å². The first-order valence-corrected chi connectivity index (χ1v) is 11.6. The van der Waals surface area contributed by atoms with Crippen molar-refractivity contribution in [2.75, 3.05) is 6.54 Å². The number of amides is 2. The van der Waals surface area contributed by atoms with Crippen LogP contribution in [0, 0.1) is 5.92 Å². The molecule has 0 heterocycles. The van der Waals surface area contributed by atoms with Crippen molar-refractivity contribution in [2.24, 2.45) is 5.92 Å². The van der Waals surface area contributed by atoms with E-state index in [0.29, 0.717) is 40.9 Å². The molecule has 6 heteroatoms. The first-order chi connectivity index (χ1) is 14.7. The summed E-state index contributed by atoms with van der Waals surface area (Å²) in [5.74, 6) is 0.0321. The van der Waals surface area contributed by atoms with Gasteiger partial charge in [-0.05, 0) is 48.9 Å². The first kappa shape index (κ1) is 25.2. The van der Waals surface area contributed by atoms with Gasteiger partial charge in [-0.25, -0.2) is 0 Å². The molecule has 2 amide bonds. The van der Waals surface area contributed by atoms with Gasteiger partial charge in [-0.15, -0.1) is 0 Å². The molecule has 2 aromatic rings. The lowest BCUT2D eigenvalue weighted by Gasteiger charge is -2.29. The Kier molecular flexibility index (Phi) is 9.86. The Morgan fingerprint density at radius 3 is 2.10 bits per heavy atom. The molecule has 1 N–H and O–H groups in total. The van der Waals surface area contributed by atoms with Gasteiger partial charge in [-0.2, -0.15) is 0 Å². The smallest absolute Gasteiger partial charge is 0.242 e. The van der Waals surface area contributed by atoms with Crippen molar-refractivity contribution in [3.63, 3.8) is 0 Å². The van der Waals surface area contributed by atoms with Crippen molar-refractivity contribution in [1.82, 2.24) is 10.2 Å². The molecule has 0 fully saturated rings. The molecule has 1 atom stereocenters. The Labute approximate surface area is 195 Å². The number of aryl methyl sites for hydroxylation is 2. The second-order valence-corrected chi connectivity index (χ2v) is 9.02. The second-order valence-electron chi connectivity index (χ2n) is 8.21. The van der Waals surface area contributed by atoms with Crippen LogP contribution in [0.25, 0.3) is 0 Å². The highest BCUT2D eigenvalue weighted by molar-refractivity contribution is 6.36. The van der Waals surface area contributed by atoms with Crippen LogP contribution in [0.1, 0.15) is 50.8 Å². The van der Waals surface area contributed by atoms with Crippen molar-refractivity contribution >= 4 is 35.0 Å². The standard InChI is InChI=1S/C25H32Cl2N2O2/c1-5-19-9-11-20(12-10-19)13-14-24(30)29(18(4)25(31)28-15-17(2)3)16-21-22(26)7-6-8-23(21)27/h6-12,17-18H,5,13-16H2,1-4H3,(H,28,31)/t18-/m1/s1. The highest BCUT2D eigenvalue weighted by Crippen LogP contribution is 2.27. The molecule has 0 saturated carbocycles. The summed E-state index contributed by atoms with van der Waals surface area (Å²) in [6.45, 7) is 8.66. The maximum atomic E-state index is 13.2. The zero-order valence-electron chi connectivity index (χ0n) is 18.8. The molecule has 0 radical (unpaired) electrons. The predicted molar refractivity (Wildman–Crippen MR) is 128 cm³/mol. The summed E-state index contributed by atoms with van der Waals surface area (Å²) in [6, 6.07) is 12.9. The van der Waals surface area contributed by atoms with Crippen LogP contribution in [0.5, 0.6) is 0 Å². The molecule has 0 bridgehead atoms. The average molecular weight is 463 g/mol. The lowest BCUT2D eigenvalue weighted by molar-refractivity contribution is -0.140. The largest absolute Gasteiger partial charge is 0.354 e. The molecule has 0 aliphatic heterocycles. The van der Waals surface area contributed by atoms with Crippen LogP contribution in [-0.2, 0) is 29.0 Å². The molecule has 0 aliphatic rings. The van der Waals surface area contributed by atoms with E-state index in [-0.39, 0.29) is 18.4 Å². The van der Waals surface area contributed by atoms with E-state index in [1.165, 1.54) is 5.56 Å². The third kappa shape index (κ3) is 7.55. The molecule has 2 aromatic carbocycles. The van der Waals surface area contributed by atoms with Crippen LogP contribution >= 0.6 is 23.2 Å². The Morgan fingerprint density at radius 2 is 1.55 bits per heavy atom. The topological polar surface area (TPSA) is 49.4 Å². The zero-order chi connectivity index (χ0) is 23.0. The second kappa shape index (κ2) is 12.1. The van der Waals surface area contributed by atoms with Gasteiger partial charge in [0, 0.05) is 35.1 Å². The number of hydrogen-bond donors (Lipinski definition) is 1. The number of carbonyl (C=O) groups is 2. The number of rotatable bonds is 10. The fourth-order valence-electron chi connectivity index (χ4n) is 3.23. The number of nitrogens with one attached hydrogen (secondary N) is 1. The van der Waals surface area contributed by atoms with E-state index in [1.54, 1.807) is 30.0 Å². The monoisotopic (exact) mass is 462 g/mol. The number of benzene rings is 2. The summed E-state index contributed by atoms with van der Waals surface area (Å²) in [7, 11) is 0. The van der Waals surface area contributed by atoms with Gasteiger partial charge < -0.3 is 10.2 Å². The summed E-state index contributed by atoms with van der Waals surface area (Å²) in [6.07, 6.45) is 1.89. The summed E-state index contributed by atoms with van der Waals surface area (Å²) in [5.41, 5.74) is 3.01. The molecule has 0 spiro atoms. The van der Waals surface area contributed by atoms with E-state index in [2.05, 4.69) is 36.5 Å². The van der Waals surface area contributed by atoms with Crippen molar-refractivity contribution in [2.45, 2.75) is 59.5 Å². The Balaban J connectivity index is 2.18. The summed E-state index contributed by atoms with van der Waals surface area (Å²) in [5, 5.41) is 3.88. The minimum atomic E-state index is -0.638. The normalized spacial score (nSPS) is 12.0. The molecular formula is C25H32Cl2N2O2. The lowest BCUT2D eigenvalue weighted by Crippen LogP contribution is -2.48. The molecule has 0 aromatic heterocycles. The van der Waals surface area contributed by atoms with Crippen LogP contribution in [0.15, 0.2) is 42.5 Å². The molecule has 0 unspecified atom stereocenters. The van der Waals surface area contributed by atoms with E-state index in [1.807, 2.05) is 13.8 Å². The van der Waals surface area contributed by atoms with Gasteiger partial charge in [0.1, 0.15) is 6.04 Å². The molecule has 31 heavy (non-hydrogen) atoms. The van der Waals surface area contributed by atoms with E-state index < -0.39 is 6.04 Å². The van der Waals surface area contributed by atoms with Crippen molar-refractivity contribution in [3.05, 3.63) is 69.2 Å². The van der Waals surface area contributed by atoms with Gasteiger partial charge in [0.15, 0.2) is 0 Å². The van der Waals surface area contributed by atoms with Gasteiger partial charge in [-0.1, -0.05) is 74.3 Å². The Hall–Kier alpha value is -2.04. The van der Waals surface area contributed by atoms with Crippen molar-refractivity contribution in [1.29, 1.82) is 0 Å².